The van der Waals surface area contributed by atoms with Gasteiger partial charge in [-0.3, -0.25) is 4.79 Å². The Kier molecular flexibility index (Phi) is 8.01. The topological polar surface area (TPSA) is 89.9 Å². The van der Waals surface area contributed by atoms with Crippen molar-refractivity contribution in [2.24, 2.45) is 0 Å². The van der Waals surface area contributed by atoms with Gasteiger partial charge in [-0.15, -0.1) is 0 Å². The molecule has 1 rings (SSSR count). The number of carbonyl (C=O) groups is 2. The number of hydrogen-bond donors (Lipinski definition) is 3. The van der Waals surface area contributed by atoms with Crippen LogP contribution in [-0.2, 0) is 11.3 Å². The van der Waals surface area contributed by atoms with E-state index in [1.54, 1.807) is 18.2 Å². The molecule has 0 unspecified atom stereocenters. The molecule has 0 aliphatic rings. The summed E-state index contributed by atoms with van der Waals surface area (Å²) in [6, 6.07) is 4.68. The lowest BCUT2D eigenvalue weighted by Crippen LogP contribution is -2.41. The zero-order valence-electron chi connectivity index (χ0n) is 11.9. The number of amides is 2. The van der Waals surface area contributed by atoms with Gasteiger partial charge in [0.2, 0.25) is 0 Å². The Morgan fingerprint density at radius 3 is 2.55 bits per heavy atom. The number of aliphatic hydroxyl groups excluding tert-OH is 1. The number of halogens is 2. The number of nitrogens with one attached hydrogen (secondary N) is 1. The van der Waals surface area contributed by atoms with Crippen molar-refractivity contribution in [3.05, 3.63) is 33.8 Å². The number of carboxylic acids is 1. The highest BCUT2D eigenvalue weighted by molar-refractivity contribution is 6.42. The van der Waals surface area contributed by atoms with E-state index in [2.05, 4.69) is 5.32 Å². The van der Waals surface area contributed by atoms with Gasteiger partial charge in [-0.05, 0) is 24.1 Å². The number of urea groups is 1. The number of hydrogen-bond acceptors (Lipinski definition) is 3. The minimum absolute atomic E-state index is 0.00687. The van der Waals surface area contributed by atoms with E-state index in [-0.39, 0.29) is 38.7 Å². The Morgan fingerprint density at radius 2 is 1.95 bits per heavy atom. The Morgan fingerprint density at radius 1 is 1.23 bits per heavy atom. The molecule has 0 bridgehead atoms. The highest BCUT2D eigenvalue weighted by Gasteiger charge is 2.13. The van der Waals surface area contributed by atoms with Crippen LogP contribution in [0.15, 0.2) is 18.2 Å². The van der Waals surface area contributed by atoms with Crippen molar-refractivity contribution in [2.75, 3.05) is 19.7 Å². The molecule has 122 valence electrons. The standard InChI is InChI=1S/C14H18Cl2N2O4/c15-11-4-3-10(8-12(11)16)9-18(6-7-19)14(22)17-5-1-2-13(20)21/h3-4,8,19H,1-2,5-7,9H2,(H,17,22)(H,20,21). The van der Waals surface area contributed by atoms with Gasteiger partial charge in [0.1, 0.15) is 0 Å². The van der Waals surface area contributed by atoms with Crippen molar-refractivity contribution in [1.29, 1.82) is 0 Å². The normalized spacial score (nSPS) is 10.3. The molecule has 8 heteroatoms. The van der Waals surface area contributed by atoms with Crippen molar-refractivity contribution >= 4 is 35.2 Å². The van der Waals surface area contributed by atoms with Crippen LogP contribution in [0.1, 0.15) is 18.4 Å². The van der Waals surface area contributed by atoms with Gasteiger partial charge in [0.05, 0.1) is 16.7 Å². The number of rotatable bonds is 8. The number of carboxylic acid groups (broad SMARTS) is 1. The third kappa shape index (κ3) is 6.51. The second-order valence-electron chi connectivity index (χ2n) is 4.62. The molecule has 0 atom stereocenters. The summed E-state index contributed by atoms with van der Waals surface area (Å²) in [7, 11) is 0. The van der Waals surface area contributed by atoms with E-state index in [0.29, 0.717) is 16.5 Å². The maximum atomic E-state index is 12.0. The minimum atomic E-state index is -0.905. The van der Waals surface area contributed by atoms with Crippen molar-refractivity contribution in [3.8, 4) is 0 Å². The molecule has 3 N–H and O–H groups in total. The number of carbonyl (C=O) groups excluding carboxylic acids is 1. The lowest BCUT2D eigenvalue weighted by molar-refractivity contribution is -0.137. The highest BCUT2D eigenvalue weighted by atomic mass is 35.5. The predicted molar refractivity (Wildman–Crippen MR) is 84.2 cm³/mol. The second kappa shape index (κ2) is 9.50. The van der Waals surface area contributed by atoms with Gasteiger partial charge in [-0.2, -0.15) is 0 Å². The van der Waals surface area contributed by atoms with Crippen LogP contribution in [0.3, 0.4) is 0 Å². The number of benzene rings is 1. The van der Waals surface area contributed by atoms with Crippen LogP contribution >= 0.6 is 23.2 Å². The second-order valence-corrected chi connectivity index (χ2v) is 5.44. The average Bonchev–Trinajstić information content (AvgIpc) is 2.46. The zero-order valence-corrected chi connectivity index (χ0v) is 13.4. The maximum Gasteiger partial charge on any atom is 0.317 e. The summed E-state index contributed by atoms with van der Waals surface area (Å²) in [6.45, 7) is 0.505. The third-order valence-electron chi connectivity index (χ3n) is 2.86. The molecule has 6 nitrogen and oxygen atoms in total. The van der Waals surface area contributed by atoms with E-state index >= 15 is 0 Å². The fourth-order valence-corrected chi connectivity index (χ4v) is 2.10. The van der Waals surface area contributed by atoms with Gasteiger partial charge in [-0.25, -0.2) is 4.79 Å². The lowest BCUT2D eigenvalue weighted by atomic mass is 10.2. The molecule has 0 aliphatic heterocycles. The maximum absolute atomic E-state index is 12.0. The van der Waals surface area contributed by atoms with Crippen molar-refractivity contribution in [1.82, 2.24) is 10.2 Å². The molecular formula is C14H18Cl2N2O4. The molecular weight excluding hydrogens is 331 g/mol. The number of nitrogens with zero attached hydrogens (tertiary/aromatic N) is 1. The summed E-state index contributed by atoms with van der Waals surface area (Å²) in [5.74, 6) is -0.905. The molecule has 0 fully saturated rings. The summed E-state index contributed by atoms with van der Waals surface area (Å²) >= 11 is 11.8. The van der Waals surface area contributed by atoms with Crippen molar-refractivity contribution in [3.63, 3.8) is 0 Å². The SMILES string of the molecule is O=C(O)CCCNC(=O)N(CCO)Cc1ccc(Cl)c(Cl)c1. The number of aliphatic carboxylic acids is 1. The van der Waals surface area contributed by atoms with Crippen molar-refractivity contribution < 1.29 is 19.8 Å². The Bertz CT molecular complexity index is 526. The summed E-state index contributed by atoms with van der Waals surface area (Å²) in [4.78, 5) is 23.8. The van der Waals surface area contributed by atoms with E-state index < -0.39 is 5.97 Å². The van der Waals surface area contributed by atoms with Crippen LogP contribution in [0.25, 0.3) is 0 Å². The molecule has 0 heterocycles. The molecule has 0 radical (unpaired) electrons. The monoisotopic (exact) mass is 348 g/mol. The highest BCUT2D eigenvalue weighted by Crippen LogP contribution is 2.23. The Hall–Kier alpha value is -1.50. The smallest absolute Gasteiger partial charge is 0.317 e. The largest absolute Gasteiger partial charge is 0.481 e. The van der Waals surface area contributed by atoms with Gasteiger partial charge >= 0.3 is 12.0 Å². The predicted octanol–water partition coefficient (Wildman–Crippen LogP) is 2.36. The summed E-state index contributed by atoms with van der Waals surface area (Å²) in [5, 5.41) is 21.0. The quantitative estimate of drug-likeness (QED) is 0.629. The van der Waals surface area contributed by atoms with Gasteiger partial charge < -0.3 is 20.4 Å². The van der Waals surface area contributed by atoms with Gasteiger partial charge in [-0.1, -0.05) is 29.3 Å². The molecule has 0 aromatic heterocycles. The van der Waals surface area contributed by atoms with Crippen LogP contribution < -0.4 is 5.32 Å². The van der Waals surface area contributed by atoms with Crippen LogP contribution in [0.2, 0.25) is 10.0 Å². The van der Waals surface area contributed by atoms with E-state index in [1.807, 2.05) is 0 Å². The molecule has 22 heavy (non-hydrogen) atoms. The molecule has 0 saturated carbocycles. The molecule has 1 aromatic carbocycles. The molecule has 0 saturated heterocycles. The van der Waals surface area contributed by atoms with Crippen molar-refractivity contribution in [2.45, 2.75) is 19.4 Å². The zero-order chi connectivity index (χ0) is 16.5. The average molecular weight is 349 g/mol. The van der Waals surface area contributed by atoms with E-state index in [4.69, 9.17) is 33.4 Å². The number of aliphatic hydroxyl groups is 1. The first-order chi connectivity index (χ1) is 10.4. The first-order valence-electron chi connectivity index (χ1n) is 6.73. The third-order valence-corrected chi connectivity index (χ3v) is 3.60. The summed E-state index contributed by atoms with van der Waals surface area (Å²) < 4.78 is 0. The molecule has 0 spiro atoms. The fraction of sp³-hybridized carbons (Fsp3) is 0.429. The van der Waals surface area contributed by atoms with Crippen LogP contribution in [0.4, 0.5) is 4.79 Å². The van der Waals surface area contributed by atoms with Gasteiger partial charge in [0.15, 0.2) is 0 Å². The first kappa shape index (κ1) is 18.5. The van der Waals surface area contributed by atoms with Crippen LogP contribution in [0.5, 0.6) is 0 Å². The van der Waals surface area contributed by atoms with Gasteiger partial charge in [0.25, 0.3) is 0 Å². The molecule has 1 aromatic rings. The fourth-order valence-electron chi connectivity index (χ4n) is 1.78. The lowest BCUT2D eigenvalue weighted by Gasteiger charge is -2.22. The van der Waals surface area contributed by atoms with E-state index in [1.165, 1.54) is 4.90 Å². The van der Waals surface area contributed by atoms with E-state index in [9.17, 15) is 9.59 Å². The Balaban J connectivity index is 2.57. The van der Waals surface area contributed by atoms with Crippen LogP contribution in [-0.4, -0.2) is 46.8 Å². The molecule has 2 amide bonds. The Labute approximate surface area is 138 Å². The summed E-state index contributed by atoms with van der Waals surface area (Å²) in [5.41, 5.74) is 0.781. The van der Waals surface area contributed by atoms with Gasteiger partial charge in [0, 0.05) is 26.1 Å². The molecule has 0 aliphatic carbocycles. The minimum Gasteiger partial charge on any atom is -0.481 e. The first-order valence-corrected chi connectivity index (χ1v) is 7.49. The summed E-state index contributed by atoms with van der Waals surface area (Å²) in [6.07, 6.45) is 0.341. The van der Waals surface area contributed by atoms with E-state index in [0.717, 1.165) is 5.56 Å². The van der Waals surface area contributed by atoms with Crippen LogP contribution in [0, 0.1) is 0 Å².